The number of anilines is 1. The number of carbonyl (C=O) groups excluding carboxylic acids is 1. The average molecular weight is 325 g/mol. The Hall–Kier alpha value is -3.53. The summed E-state index contributed by atoms with van der Waals surface area (Å²) in [6.07, 6.45) is 3.37. The van der Waals surface area contributed by atoms with Gasteiger partial charge in [0.2, 0.25) is 0 Å². The number of pyridine rings is 2. The molecular weight excluding hydrogens is 310 g/mol. The maximum absolute atomic E-state index is 12.8. The van der Waals surface area contributed by atoms with Gasteiger partial charge in [-0.1, -0.05) is 48.5 Å². The van der Waals surface area contributed by atoms with Crippen molar-refractivity contribution in [3.63, 3.8) is 0 Å². The van der Waals surface area contributed by atoms with Crippen molar-refractivity contribution >= 4 is 22.5 Å². The van der Waals surface area contributed by atoms with Crippen LogP contribution in [0.15, 0.2) is 85.2 Å². The summed E-state index contributed by atoms with van der Waals surface area (Å²) >= 11 is 0. The highest BCUT2D eigenvalue weighted by atomic mass is 16.1. The molecule has 4 nitrogen and oxygen atoms in total. The minimum absolute atomic E-state index is 0.177. The van der Waals surface area contributed by atoms with E-state index in [9.17, 15) is 4.79 Å². The monoisotopic (exact) mass is 325 g/mol. The van der Waals surface area contributed by atoms with Crippen molar-refractivity contribution < 1.29 is 4.79 Å². The topological polar surface area (TPSA) is 54.9 Å². The number of nitrogens with one attached hydrogen (secondary N) is 1. The zero-order valence-electron chi connectivity index (χ0n) is 13.4. The van der Waals surface area contributed by atoms with E-state index in [1.807, 2.05) is 66.7 Å². The standard InChI is InChI=1S/C21H15N3O/c25-21(17-12-14-22-18-10-5-4-9-16(17)18)24-19-11-6-13-23-20(19)15-7-2-1-3-8-15/h1-14H,(H,24,25). The van der Waals surface area contributed by atoms with E-state index in [0.717, 1.165) is 22.2 Å². The van der Waals surface area contributed by atoms with Gasteiger partial charge in [0.15, 0.2) is 0 Å². The Bertz CT molecular complexity index is 1040. The molecule has 120 valence electrons. The Labute approximate surface area is 145 Å². The summed E-state index contributed by atoms with van der Waals surface area (Å²) < 4.78 is 0. The van der Waals surface area contributed by atoms with Crippen LogP contribution in [0, 0.1) is 0 Å². The Morgan fingerprint density at radius 1 is 0.760 bits per heavy atom. The molecule has 0 atom stereocenters. The number of amides is 1. The van der Waals surface area contributed by atoms with Crippen LogP contribution in [0.2, 0.25) is 0 Å². The average Bonchev–Trinajstić information content (AvgIpc) is 2.68. The van der Waals surface area contributed by atoms with Crippen molar-refractivity contribution in [3.8, 4) is 11.3 Å². The normalized spacial score (nSPS) is 10.6. The van der Waals surface area contributed by atoms with Crippen LogP contribution in [0.25, 0.3) is 22.2 Å². The van der Waals surface area contributed by atoms with E-state index in [4.69, 9.17) is 0 Å². The second-order valence-electron chi connectivity index (χ2n) is 5.60. The summed E-state index contributed by atoms with van der Waals surface area (Å²) in [6.45, 7) is 0. The molecule has 4 rings (SSSR count). The van der Waals surface area contributed by atoms with Gasteiger partial charge in [0.25, 0.3) is 5.91 Å². The van der Waals surface area contributed by atoms with Crippen LogP contribution in [-0.4, -0.2) is 15.9 Å². The lowest BCUT2D eigenvalue weighted by Gasteiger charge is -2.11. The lowest BCUT2D eigenvalue weighted by Crippen LogP contribution is -2.13. The van der Waals surface area contributed by atoms with Crippen LogP contribution in [0.4, 0.5) is 5.69 Å². The van der Waals surface area contributed by atoms with Gasteiger partial charge in [0.1, 0.15) is 0 Å². The summed E-state index contributed by atoms with van der Waals surface area (Å²) in [5, 5.41) is 3.81. The van der Waals surface area contributed by atoms with Crippen LogP contribution in [-0.2, 0) is 0 Å². The van der Waals surface area contributed by atoms with Gasteiger partial charge in [-0.3, -0.25) is 14.8 Å². The summed E-state index contributed by atoms with van der Waals surface area (Å²) in [7, 11) is 0. The van der Waals surface area contributed by atoms with Gasteiger partial charge in [-0.25, -0.2) is 0 Å². The predicted molar refractivity (Wildman–Crippen MR) is 99.4 cm³/mol. The second-order valence-corrected chi connectivity index (χ2v) is 5.60. The summed E-state index contributed by atoms with van der Waals surface area (Å²) in [6, 6.07) is 22.8. The van der Waals surface area contributed by atoms with Crippen LogP contribution in [0.1, 0.15) is 10.4 Å². The van der Waals surface area contributed by atoms with E-state index in [1.165, 1.54) is 0 Å². The van der Waals surface area contributed by atoms with Crippen LogP contribution in [0.3, 0.4) is 0 Å². The number of fused-ring (bicyclic) bond motifs is 1. The highest BCUT2D eigenvalue weighted by Gasteiger charge is 2.13. The van der Waals surface area contributed by atoms with E-state index >= 15 is 0 Å². The molecule has 4 heteroatoms. The van der Waals surface area contributed by atoms with Crippen molar-refractivity contribution in [2.24, 2.45) is 0 Å². The number of carbonyl (C=O) groups is 1. The molecule has 1 N–H and O–H groups in total. The van der Waals surface area contributed by atoms with Gasteiger partial charge in [-0.05, 0) is 24.3 Å². The van der Waals surface area contributed by atoms with Crippen molar-refractivity contribution in [1.82, 2.24) is 9.97 Å². The number of nitrogens with zero attached hydrogens (tertiary/aromatic N) is 2. The number of benzene rings is 2. The fourth-order valence-electron chi connectivity index (χ4n) is 2.82. The minimum Gasteiger partial charge on any atom is -0.320 e. The molecule has 0 saturated heterocycles. The maximum atomic E-state index is 12.8. The molecular formula is C21H15N3O. The van der Waals surface area contributed by atoms with Gasteiger partial charge in [0.05, 0.1) is 22.5 Å². The second kappa shape index (κ2) is 6.53. The van der Waals surface area contributed by atoms with Crippen LogP contribution in [0.5, 0.6) is 0 Å². The molecule has 0 radical (unpaired) electrons. The third-order valence-electron chi connectivity index (χ3n) is 4.00. The molecule has 0 spiro atoms. The third-order valence-corrected chi connectivity index (χ3v) is 4.00. The number of aromatic nitrogens is 2. The fraction of sp³-hybridized carbons (Fsp3) is 0. The van der Waals surface area contributed by atoms with Crippen molar-refractivity contribution in [3.05, 3.63) is 90.8 Å². The Balaban J connectivity index is 1.72. The maximum Gasteiger partial charge on any atom is 0.256 e. The predicted octanol–water partition coefficient (Wildman–Crippen LogP) is 4.55. The molecule has 0 aliphatic rings. The van der Waals surface area contributed by atoms with Gasteiger partial charge >= 0.3 is 0 Å². The van der Waals surface area contributed by atoms with E-state index in [1.54, 1.807) is 18.5 Å². The molecule has 2 heterocycles. The molecule has 0 fully saturated rings. The lowest BCUT2D eigenvalue weighted by atomic mass is 10.1. The first kappa shape index (κ1) is 15.0. The minimum atomic E-state index is -0.177. The van der Waals surface area contributed by atoms with Gasteiger partial charge in [-0.15, -0.1) is 0 Å². The first-order valence-electron chi connectivity index (χ1n) is 7.98. The van der Waals surface area contributed by atoms with Crippen molar-refractivity contribution in [2.45, 2.75) is 0 Å². The summed E-state index contributed by atoms with van der Waals surface area (Å²) in [5.41, 5.74) is 3.77. The molecule has 0 aliphatic carbocycles. The van der Waals surface area contributed by atoms with E-state index < -0.39 is 0 Å². The van der Waals surface area contributed by atoms with Crippen molar-refractivity contribution in [2.75, 3.05) is 5.32 Å². The molecule has 0 bridgehead atoms. The number of rotatable bonds is 3. The van der Waals surface area contributed by atoms with E-state index in [-0.39, 0.29) is 5.91 Å². The quantitative estimate of drug-likeness (QED) is 0.601. The summed E-state index contributed by atoms with van der Waals surface area (Å²) in [4.78, 5) is 21.6. The Kier molecular flexibility index (Phi) is 3.92. The molecule has 2 aromatic heterocycles. The smallest absolute Gasteiger partial charge is 0.256 e. The molecule has 0 saturated carbocycles. The number of hydrogen-bond donors (Lipinski definition) is 1. The van der Waals surface area contributed by atoms with E-state index in [2.05, 4.69) is 15.3 Å². The highest BCUT2D eigenvalue weighted by molar-refractivity contribution is 6.13. The van der Waals surface area contributed by atoms with E-state index in [0.29, 0.717) is 11.3 Å². The first-order valence-corrected chi connectivity index (χ1v) is 7.98. The zero-order valence-corrected chi connectivity index (χ0v) is 13.4. The summed E-state index contributed by atoms with van der Waals surface area (Å²) in [5.74, 6) is -0.177. The molecule has 2 aromatic carbocycles. The molecule has 4 aromatic rings. The first-order chi connectivity index (χ1) is 12.3. The number of para-hydroxylation sites is 1. The highest BCUT2D eigenvalue weighted by Crippen LogP contribution is 2.26. The third kappa shape index (κ3) is 2.97. The molecule has 25 heavy (non-hydrogen) atoms. The lowest BCUT2D eigenvalue weighted by molar-refractivity contribution is 0.102. The van der Waals surface area contributed by atoms with Crippen LogP contribution < -0.4 is 5.32 Å². The Morgan fingerprint density at radius 2 is 1.56 bits per heavy atom. The van der Waals surface area contributed by atoms with Crippen LogP contribution >= 0.6 is 0 Å². The largest absolute Gasteiger partial charge is 0.320 e. The van der Waals surface area contributed by atoms with Gasteiger partial charge in [0, 0.05) is 23.3 Å². The zero-order chi connectivity index (χ0) is 17.1. The van der Waals surface area contributed by atoms with Crippen molar-refractivity contribution in [1.29, 1.82) is 0 Å². The molecule has 0 unspecified atom stereocenters. The van der Waals surface area contributed by atoms with Gasteiger partial charge < -0.3 is 5.32 Å². The number of hydrogen-bond acceptors (Lipinski definition) is 3. The fourth-order valence-corrected chi connectivity index (χ4v) is 2.82. The molecule has 1 amide bonds. The molecule has 0 aliphatic heterocycles. The Morgan fingerprint density at radius 3 is 2.44 bits per heavy atom. The van der Waals surface area contributed by atoms with Gasteiger partial charge in [-0.2, -0.15) is 0 Å². The SMILES string of the molecule is O=C(Nc1cccnc1-c1ccccc1)c1ccnc2ccccc12.